The summed E-state index contributed by atoms with van der Waals surface area (Å²) in [6, 6.07) is 15.8. The fourth-order valence-electron chi connectivity index (χ4n) is 4.39. The third kappa shape index (κ3) is 6.80. The van der Waals surface area contributed by atoms with Crippen LogP contribution in [-0.4, -0.2) is 61.5 Å². The number of tetrazole rings is 1. The van der Waals surface area contributed by atoms with Gasteiger partial charge in [0.1, 0.15) is 5.92 Å². The van der Waals surface area contributed by atoms with E-state index in [0.717, 1.165) is 35.1 Å². The predicted molar refractivity (Wildman–Crippen MR) is 139 cm³/mol. The minimum absolute atomic E-state index is 0.0284. The fraction of sp³-hybridized carbons (Fsp3) is 0.407. The van der Waals surface area contributed by atoms with E-state index in [1.54, 1.807) is 10.4 Å². The van der Waals surface area contributed by atoms with E-state index < -0.39 is 17.7 Å². The number of hydrogen-bond donors (Lipinski definition) is 4. The van der Waals surface area contributed by atoms with Crippen molar-refractivity contribution in [1.29, 1.82) is 0 Å². The number of amides is 3. The predicted octanol–water partition coefficient (Wildman–Crippen LogP) is 2.56. The number of rotatable bonds is 12. The molecule has 1 heterocycles. The summed E-state index contributed by atoms with van der Waals surface area (Å²) in [5, 5.41) is 26.1. The number of carbonyl (C=O) groups is 3. The number of benzene rings is 2. The third-order valence-corrected chi connectivity index (χ3v) is 6.52. The Labute approximate surface area is 221 Å². The summed E-state index contributed by atoms with van der Waals surface area (Å²) in [7, 11) is 0. The molecule has 1 saturated carbocycles. The Bertz CT molecular complexity index is 1240. The second-order valence-corrected chi connectivity index (χ2v) is 9.96. The quantitative estimate of drug-likeness (QED) is 0.163. The summed E-state index contributed by atoms with van der Waals surface area (Å²) < 4.78 is 0. The Balaban J connectivity index is 1.42. The molecule has 200 valence electrons. The van der Waals surface area contributed by atoms with Gasteiger partial charge in [-0.15, -0.1) is 10.2 Å². The number of nitrogens with zero attached hydrogens (tertiary/aromatic N) is 4. The molecule has 0 aliphatic heterocycles. The lowest BCUT2D eigenvalue weighted by molar-refractivity contribution is -0.142. The van der Waals surface area contributed by atoms with Crippen molar-refractivity contribution in [2.45, 2.75) is 39.7 Å². The van der Waals surface area contributed by atoms with Gasteiger partial charge in [-0.2, -0.15) is 5.21 Å². The number of H-pyrrole nitrogens is 1. The smallest absolute Gasteiger partial charge is 0.255 e. The molecule has 1 atom stereocenters. The second-order valence-electron chi connectivity index (χ2n) is 9.96. The first-order valence-electron chi connectivity index (χ1n) is 12.8. The van der Waals surface area contributed by atoms with Crippen molar-refractivity contribution >= 4 is 17.7 Å². The van der Waals surface area contributed by atoms with Crippen LogP contribution in [0.15, 0.2) is 48.5 Å². The SMILES string of the molecule is CC(C)CC(C(=O)NO)C(=O)NCCN(Cc1ccc(-c2ccccc2-c2nn[nH]n2)cc1)C(=O)C1CC1. The van der Waals surface area contributed by atoms with E-state index >= 15 is 0 Å². The first-order valence-corrected chi connectivity index (χ1v) is 12.8. The van der Waals surface area contributed by atoms with Gasteiger partial charge in [0.25, 0.3) is 5.91 Å². The zero-order valence-electron chi connectivity index (χ0n) is 21.6. The zero-order chi connectivity index (χ0) is 27.1. The highest BCUT2D eigenvalue weighted by molar-refractivity contribution is 5.99. The molecule has 3 aromatic rings. The molecule has 11 heteroatoms. The summed E-state index contributed by atoms with van der Waals surface area (Å²) in [5.74, 6) is -1.48. The van der Waals surface area contributed by atoms with E-state index in [4.69, 9.17) is 5.21 Å². The van der Waals surface area contributed by atoms with Crippen LogP contribution in [-0.2, 0) is 20.9 Å². The molecular weight excluding hydrogens is 486 g/mol. The topological polar surface area (TPSA) is 153 Å². The lowest BCUT2D eigenvalue weighted by Crippen LogP contribution is -2.44. The molecule has 4 N–H and O–H groups in total. The normalized spacial score (nSPS) is 13.7. The van der Waals surface area contributed by atoms with Gasteiger partial charge in [0.2, 0.25) is 17.6 Å². The van der Waals surface area contributed by atoms with Crippen molar-refractivity contribution in [3.63, 3.8) is 0 Å². The van der Waals surface area contributed by atoms with E-state index in [9.17, 15) is 14.4 Å². The van der Waals surface area contributed by atoms with Gasteiger partial charge < -0.3 is 10.2 Å². The van der Waals surface area contributed by atoms with Gasteiger partial charge in [-0.25, -0.2) is 5.48 Å². The first-order chi connectivity index (χ1) is 18.4. The average molecular weight is 520 g/mol. The Hall–Kier alpha value is -4.12. The van der Waals surface area contributed by atoms with Crippen molar-refractivity contribution in [3.05, 3.63) is 54.1 Å². The molecule has 1 aliphatic rings. The van der Waals surface area contributed by atoms with Gasteiger partial charge in [-0.1, -0.05) is 62.4 Å². The van der Waals surface area contributed by atoms with Crippen LogP contribution in [0.5, 0.6) is 0 Å². The Kier molecular flexibility index (Phi) is 8.80. The largest absolute Gasteiger partial charge is 0.354 e. The number of hydrogen-bond acceptors (Lipinski definition) is 7. The van der Waals surface area contributed by atoms with E-state index in [-0.39, 0.29) is 24.3 Å². The van der Waals surface area contributed by atoms with Gasteiger partial charge in [0.05, 0.1) is 0 Å². The standard InChI is InChI=1S/C27H33N7O4/c1-17(2)15-23(26(36)31-38)25(35)28-13-14-34(27(37)20-11-12-20)16-18-7-9-19(10-8-18)21-5-3-4-6-22(21)24-29-32-33-30-24/h3-10,17,20,23,38H,11-16H2,1-2H3,(H,28,35)(H,31,36)(H,29,30,32,33). The molecule has 0 bridgehead atoms. The van der Waals surface area contributed by atoms with Crippen LogP contribution in [0, 0.1) is 17.8 Å². The summed E-state index contributed by atoms with van der Waals surface area (Å²) >= 11 is 0. The summed E-state index contributed by atoms with van der Waals surface area (Å²) in [4.78, 5) is 39.3. The molecule has 0 radical (unpaired) electrons. The van der Waals surface area contributed by atoms with E-state index in [0.29, 0.717) is 25.3 Å². The number of aromatic amines is 1. The van der Waals surface area contributed by atoms with Gasteiger partial charge >= 0.3 is 0 Å². The molecule has 3 amide bonds. The summed E-state index contributed by atoms with van der Waals surface area (Å²) in [5.41, 5.74) is 5.36. The number of hydroxylamine groups is 1. The molecule has 0 saturated heterocycles. The molecule has 1 unspecified atom stereocenters. The van der Waals surface area contributed by atoms with Crippen LogP contribution >= 0.6 is 0 Å². The van der Waals surface area contributed by atoms with E-state index in [2.05, 4.69) is 25.9 Å². The second kappa shape index (κ2) is 12.4. The van der Waals surface area contributed by atoms with Gasteiger partial charge in [-0.3, -0.25) is 19.6 Å². The Morgan fingerprint density at radius 3 is 2.37 bits per heavy atom. The van der Waals surface area contributed by atoms with Crippen LogP contribution in [0.25, 0.3) is 22.5 Å². The van der Waals surface area contributed by atoms with Crippen LogP contribution in [0.4, 0.5) is 0 Å². The number of aromatic nitrogens is 4. The molecule has 38 heavy (non-hydrogen) atoms. The molecular formula is C27H33N7O4. The van der Waals surface area contributed by atoms with Crippen LogP contribution < -0.4 is 10.8 Å². The molecule has 1 fully saturated rings. The molecule has 11 nitrogen and oxygen atoms in total. The number of nitrogens with one attached hydrogen (secondary N) is 3. The minimum Gasteiger partial charge on any atom is -0.354 e. The van der Waals surface area contributed by atoms with Crippen molar-refractivity contribution < 1.29 is 19.6 Å². The van der Waals surface area contributed by atoms with Crippen molar-refractivity contribution in [2.24, 2.45) is 17.8 Å². The molecule has 1 aliphatic carbocycles. The molecule has 0 spiro atoms. The lowest BCUT2D eigenvalue weighted by atomic mass is 9.95. The van der Waals surface area contributed by atoms with Gasteiger partial charge in [0.15, 0.2) is 0 Å². The number of carbonyl (C=O) groups excluding carboxylic acids is 3. The minimum atomic E-state index is -0.990. The lowest BCUT2D eigenvalue weighted by Gasteiger charge is -2.24. The van der Waals surface area contributed by atoms with Gasteiger partial charge in [-0.05, 0) is 47.1 Å². The average Bonchev–Trinajstić information content (AvgIpc) is 3.64. The first kappa shape index (κ1) is 26.9. The van der Waals surface area contributed by atoms with Crippen LogP contribution in [0.3, 0.4) is 0 Å². The van der Waals surface area contributed by atoms with Gasteiger partial charge in [0, 0.05) is 31.1 Å². The van der Waals surface area contributed by atoms with Crippen LogP contribution in [0.2, 0.25) is 0 Å². The van der Waals surface area contributed by atoms with Crippen molar-refractivity contribution in [1.82, 2.24) is 36.3 Å². The molecule has 2 aromatic carbocycles. The van der Waals surface area contributed by atoms with E-state index in [1.165, 1.54) is 0 Å². The van der Waals surface area contributed by atoms with Crippen LogP contribution in [0.1, 0.15) is 38.7 Å². The monoisotopic (exact) mass is 519 g/mol. The maximum atomic E-state index is 13.0. The Morgan fingerprint density at radius 2 is 1.76 bits per heavy atom. The summed E-state index contributed by atoms with van der Waals surface area (Å²) in [6.45, 7) is 4.73. The van der Waals surface area contributed by atoms with E-state index in [1.807, 2.05) is 62.4 Å². The molecule has 4 rings (SSSR count). The maximum Gasteiger partial charge on any atom is 0.255 e. The fourth-order valence-corrected chi connectivity index (χ4v) is 4.39. The summed E-state index contributed by atoms with van der Waals surface area (Å²) in [6.07, 6.45) is 2.06. The zero-order valence-corrected chi connectivity index (χ0v) is 21.6. The highest BCUT2D eigenvalue weighted by atomic mass is 16.5. The highest BCUT2D eigenvalue weighted by Gasteiger charge is 2.33. The van der Waals surface area contributed by atoms with Crippen molar-refractivity contribution in [3.8, 4) is 22.5 Å². The van der Waals surface area contributed by atoms with Crippen molar-refractivity contribution in [2.75, 3.05) is 13.1 Å². The highest BCUT2D eigenvalue weighted by Crippen LogP contribution is 2.32. The Morgan fingerprint density at radius 1 is 1.05 bits per heavy atom. The maximum absolute atomic E-state index is 13.0. The molecule has 1 aromatic heterocycles. The third-order valence-electron chi connectivity index (χ3n) is 6.52.